The molecule has 0 aliphatic rings. The van der Waals surface area contributed by atoms with Gasteiger partial charge in [-0.1, -0.05) is 6.07 Å². The van der Waals surface area contributed by atoms with Gasteiger partial charge in [-0.3, -0.25) is 19.4 Å². The first-order valence-electron chi connectivity index (χ1n) is 5.03. The fraction of sp³-hybridized carbons (Fsp3) is 0.0833. The Balaban J connectivity index is 2.36. The number of anilines is 1. The van der Waals surface area contributed by atoms with Crippen molar-refractivity contribution in [2.45, 2.75) is 0 Å². The third-order valence-corrected chi connectivity index (χ3v) is 2.34. The Labute approximate surface area is 98.0 Å². The fourth-order valence-corrected chi connectivity index (χ4v) is 1.49. The first-order chi connectivity index (χ1) is 8.22. The molecule has 0 fully saturated rings. The molecule has 88 valence electrons. The van der Waals surface area contributed by atoms with Crippen molar-refractivity contribution < 1.29 is 10.0 Å². The number of rotatable bonds is 3. The molecule has 0 radical (unpaired) electrons. The van der Waals surface area contributed by atoms with Gasteiger partial charge in [0.25, 0.3) is 5.56 Å². The van der Waals surface area contributed by atoms with E-state index in [0.29, 0.717) is 10.9 Å². The Morgan fingerprint density at radius 1 is 1.18 bits per heavy atom. The summed E-state index contributed by atoms with van der Waals surface area (Å²) < 4.78 is 1.51. The molecule has 0 atom stereocenters. The summed E-state index contributed by atoms with van der Waals surface area (Å²) in [5.41, 5.74) is 1.11. The molecule has 0 spiro atoms. The van der Waals surface area contributed by atoms with Crippen molar-refractivity contribution in [3.05, 3.63) is 59.0 Å². The van der Waals surface area contributed by atoms with Gasteiger partial charge in [-0.2, -0.15) is 0 Å². The topological polar surface area (TPSA) is 54.7 Å². The summed E-state index contributed by atoms with van der Waals surface area (Å²) in [6.45, 7) is 0. The molecule has 0 unspecified atom stereocenters. The summed E-state index contributed by atoms with van der Waals surface area (Å²) in [5.74, 6) is 0. The molecule has 17 heavy (non-hydrogen) atoms. The minimum Gasteiger partial charge on any atom is -0.284 e. The van der Waals surface area contributed by atoms with E-state index in [0.717, 1.165) is 5.69 Å². The van der Waals surface area contributed by atoms with Crippen molar-refractivity contribution >= 4 is 5.69 Å². The van der Waals surface area contributed by atoms with E-state index in [9.17, 15) is 10.0 Å². The summed E-state index contributed by atoms with van der Waals surface area (Å²) in [7, 11) is 1.36. The Bertz CT molecular complexity index is 548. The van der Waals surface area contributed by atoms with Crippen LogP contribution in [0, 0.1) is 0 Å². The summed E-state index contributed by atoms with van der Waals surface area (Å²) in [4.78, 5) is 16.2. The van der Waals surface area contributed by atoms with E-state index in [1.54, 1.807) is 42.6 Å². The van der Waals surface area contributed by atoms with Crippen LogP contribution >= 0.6 is 0 Å². The molecule has 0 amide bonds. The third kappa shape index (κ3) is 2.35. The molecule has 0 saturated carbocycles. The Kier molecular flexibility index (Phi) is 3.22. The van der Waals surface area contributed by atoms with Gasteiger partial charge in [-0.05, 0) is 30.3 Å². The molecule has 1 N–H and O–H groups in total. The molecule has 0 aliphatic heterocycles. The first kappa shape index (κ1) is 11.4. The van der Waals surface area contributed by atoms with Crippen molar-refractivity contribution in [1.82, 2.24) is 4.57 Å². The molecule has 0 aliphatic carbocycles. The normalized spacial score (nSPS) is 10.2. The van der Waals surface area contributed by atoms with Crippen molar-refractivity contribution in [2.24, 2.45) is 0 Å². The number of pyridine rings is 1. The molecule has 5 nitrogen and oxygen atoms in total. The highest BCUT2D eigenvalue weighted by Gasteiger charge is 2.02. The van der Waals surface area contributed by atoms with Crippen LogP contribution in [0.5, 0.6) is 0 Å². The van der Waals surface area contributed by atoms with Crippen LogP contribution in [0.15, 0.2) is 53.5 Å². The maximum absolute atomic E-state index is 11.6. The SMILES string of the molecule is CON(O)c1ccc(-n2ccccc2=O)cc1. The smallest absolute Gasteiger partial charge is 0.255 e. The zero-order chi connectivity index (χ0) is 12.3. The molecule has 2 rings (SSSR count). The molecule has 2 aromatic rings. The van der Waals surface area contributed by atoms with Crippen LogP contribution in [-0.4, -0.2) is 16.9 Å². The van der Waals surface area contributed by atoms with E-state index in [4.69, 9.17) is 0 Å². The molecule has 1 heterocycles. The molecular formula is C12H12N2O3. The molecule has 0 saturated heterocycles. The van der Waals surface area contributed by atoms with Crippen LogP contribution in [0.1, 0.15) is 0 Å². The number of benzene rings is 1. The van der Waals surface area contributed by atoms with Gasteiger partial charge in [0.15, 0.2) is 0 Å². The summed E-state index contributed by atoms with van der Waals surface area (Å²) in [5, 5.41) is 9.94. The van der Waals surface area contributed by atoms with Crippen LogP contribution in [0.25, 0.3) is 5.69 Å². The van der Waals surface area contributed by atoms with Crippen molar-refractivity contribution in [3.63, 3.8) is 0 Å². The Hall–Kier alpha value is -2.11. The first-order valence-corrected chi connectivity index (χ1v) is 5.03. The van der Waals surface area contributed by atoms with Crippen molar-refractivity contribution in [2.75, 3.05) is 12.3 Å². The maximum Gasteiger partial charge on any atom is 0.255 e. The van der Waals surface area contributed by atoms with Crippen molar-refractivity contribution in [3.8, 4) is 5.69 Å². The summed E-state index contributed by atoms with van der Waals surface area (Å²) >= 11 is 0. The lowest BCUT2D eigenvalue weighted by Gasteiger charge is -2.13. The quantitative estimate of drug-likeness (QED) is 0.816. The minimum atomic E-state index is -0.104. The van der Waals surface area contributed by atoms with Crippen LogP contribution in [0.4, 0.5) is 5.69 Å². The van der Waals surface area contributed by atoms with Crippen LogP contribution < -0.4 is 10.8 Å². The lowest BCUT2D eigenvalue weighted by molar-refractivity contribution is -0.0109. The molecule has 1 aromatic carbocycles. The minimum absolute atomic E-state index is 0.104. The maximum atomic E-state index is 11.6. The summed E-state index contributed by atoms with van der Waals surface area (Å²) in [6.07, 6.45) is 1.68. The number of aromatic nitrogens is 1. The van der Waals surface area contributed by atoms with Crippen LogP contribution in [0.2, 0.25) is 0 Å². The lowest BCUT2D eigenvalue weighted by atomic mass is 10.3. The number of hydrogen-bond donors (Lipinski definition) is 1. The monoisotopic (exact) mass is 232 g/mol. The highest BCUT2D eigenvalue weighted by atomic mass is 16.9. The van der Waals surface area contributed by atoms with Gasteiger partial charge in [-0.15, -0.1) is 5.23 Å². The van der Waals surface area contributed by atoms with E-state index in [-0.39, 0.29) is 5.56 Å². The fourth-order valence-electron chi connectivity index (χ4n) is 1.49. The van der Waals surface area contributed by atoms with Gasteiger partial charge in [0.2, 0.25) is 0 Å². The summed E-state index contributed by atoms with van der Waals surface area (Å²) in [6, 6.07) is 11.7. The van der Waals surface area contributed by atoms with E-state index in [1.165, 1.54) is 17.7 Å². The molecule has 1 aromatic heterocycles. The third-order valence-electron chi connectivity index (χ3n) is 2.34. The highest BCUT2D eigenvalue weighted by Crippen LogP contribution is 2.15. The average Bonchev–Trinajstić information content (AvgIpc) is 2.39. The zero-order valence-corrected chi connectivity index (χ0v) is 9.28. The number of hydrogen-bond acceptors (Lipinski definition) is 4. The van der Waals surface area contributed by atoms with Crippen LogP contribution in [0.3, 0.4) is 0 Å². The second kappa shape index (κ2) is 4.82. The Morgan fingerprint density at radius 3 is 2.47 bits per heavy atom. The van der Waals surface area contributed by atoms with Gasteiger partial charge < -0.3 is 0 Å². The second-order valence-corrected chi connectivity index (χ2v) is 3.38. The van der Waals surface area contributed by atoms with Gasteiger partial charge in [-0.25, -0.2) is 0 Å². The second-order valence-electron chi connectivity index (χ2n) is 3.38. The standard InChI is InChI=1S/C12H12N2O3/c1-17-14(16)11-7-5-10(6-8-11)13-9-3-2-4-12(13)15/h2-9,16H,1H3. The van der Waals surface area contributed by atoms with E-state index < -0.39 is 0 Å². The van der Waals surface area contributed by atoms with Crippen molar-refractivity contribution in [1.29, 1.82) is 0 Å². The highest BCUT2D eigenvalue weighted by molar-refractivity contribution is 5.47. The molecule has 5 heteroatoms. The molecule has 0 bridgehead atoms. The average molecular weight is 232 g/mol. The zero-order valence-electron chi connectivity index (χ0n) is 9.28. The van der Waals surface area contributed by atoms with E-state index in [2.05, 4.69) is 4.84 Å². The van der Waals surface area contributed by atoms with Gasteiger partial charge in [0.05, 0.1) is 12.8 Å². The van der Waals surface area contributed by atoms with E-state index >= 15 is 0 Å². The van der Waals surface area contributed by atoms with Gasteiger partial charge in [0, 0.05) is 18.0 Å². The predicted molar refractivity (Wildman–Crippen MR) is 63.3 cm³/mol. The largest absolute Gasteiger partial charge is 0.284 e. The Morgan fingerprint density at radius 2 is 1.88 bits per heavy atom. The predicted octanol–water partition coefficient (Wildman–Crippen LogP) is 1.59. The van der Waals surface area contributed by atoms with Gasteiger partial charge in [0.1, 0.15) is 0 Å². The lowest BCUT2D eigenvalue weighted by Crippen LogP contribution is -2.17. The number of nitrogens with zero attached hydrogens (tertiary/aromatic N) is 2. The molecular weight excluding hydrogens is 220 g/mol. The van der Waals surface area contributed by atoms with E-state index in [1.807, 2.05) is 0 Å². The van der Waals surface area contributed by atoms with Gasteiger partial charge >= 0.3 is 0 Å². The van der Waals surface area contributed by atoms with Crippen LogP contribution in [-0.2, 0) is 4.84 Å².